The number of carbonyl (C=O) groups excluding carboxylic acids is 2. The minimum absolute atomic E-state index is 0.0325. The third kappa shape index (κ3) is 3.56. The smallest absolute Gasteiger partial charge is 0.365 e. The van der Waals surface area contributed by atoms with Crippen molar-refractivity contribution in [3.63, 3.8) is 0 Å². The van der Waals surface area contributed by atoms with Crippen molar-refractivity contribution < 1.29 is 33.6 Å². The second-order valence-electron chi connectivity index (χ2n) is 6.60. The maximum Gasteiger partial charge on any atom is 0.365 e. The number of aliphatic hydroxyl groups is 1. The van der Waals surface area contributed by atoms with Crippen molar-refractivity contribution in [1.29, 1.82) is 0 Å². The SMILES string of the molecule is CCOC(=O)C1(C(=O)OCC)Oc2cc(OC(C)(C)C)ccc2C1O. The standard InChI is InChI=1S/C18H24O7/c1-6-22-15(20)18(16(21)23-7-2)14(19)12-9-8-11(10-13(12)25-18)24-17(3,4)5/h8-10,14,19H,6-7H2,1-5H3. The van der Waals surface area contributed by atoms with Gasteiger partial charge in [0, 0.05) is 11.6 Å². The molecular formula is C18H24O7. The zero-order valence-corrected chi connectivity index (χ0v) is 15.1. The number of carbonyl (C=O) groups is 2. The second-order valence-corrected chi connectivity index (χ2v) is 6.60. The average molecular weight is 352 g/mol. The van der Waals surface area contributed by atoms with Gasteiger partial charge in [-0.05, 0) is 46.8 Å². The molecule has 0 saturated carbocycles. The number of hydrogen-bond acceptors (Lipinski definition) is 7. The largest absolute Gasteiger partial charge is 0.488 e. The summed E-state index contributed by atoms with van der Waals surface area (Å²) in [5.74, 6) is -1.32. The molecule has 1 N–H and O–H groups in total. The summed E-state index contributed by atoms with van der Waals surface area (Å²) in [6.07, 6.45) is -1.54. The molecule has 1 aromatic rings. The molecule has 1 aliphatic heterocycles. The highest BCUT2D eigenvalue weighted by Crippen LogP contribution is 2.46. The van der Waals surface area contributed by atoms with Crippen molar-refractivity contribution in [2.75, 3.05) is 13.2 Å². The Labute approximate surface area is 146 Å². The van der Waals surface area contributed by atoms with E-state index in [0.717, 1.165) is 0 Å². The monoisotopic (exact) mass is 352 g/mol. The number of esters is 2. The minimum Gasteiger partial charge on any atom is -0.488 e. The van der Waals surface area contributed by atoms with E-state index in [2.05, 4.69) is 0 Å². The van der Waals surface area contributed by atoms with E-state index in [9.17, 15) is 14.7 Å². The van der Waals surface area contributed by atoms with Crippen molar-refractivity contribution in [2.45, 2.75) is 51.9 Å². The zero-order valence-electron chi connectivity index (χ0n) is 15.1. The van der Waals surface area contributed by atoms with Gasteiger partial charge >= 0.3 is 17.5 Å². The van der Waals surface area contributed by atoms with E-state index in [0.29, 0.717) is 11.3 Å². The Morgan fingerprint density at radius 3 is 2.20 bits per heavy atom. The lowest BCUT2D eigenvalue weighted by atomic mass is 9.93. The topological polar surface area (TPSA) is 91.3 Å². The lowest BCUT2D eigenvalue weighted by Crippen LogP contribution is -2.55. The van der Waals surface area contributed by atoms with Gasteiger partial charge in [-0.25, -0.2) is 9.59 Å². The van der Waals surface area contributed by atoms with Crippen molar-refractivity contribution in [1.82, 2.24) is 0 Å². The maximum atomic E-state index is 12.4. The normalized spacial score (nSPS) is 18.1. The summed E-state index contributed by atoms with van der Waals surface area (Å²) in [6.45, 7) is 8.92. The highest BCUT2D eigenvalue weighted by atomic mass is 16.6. The number of rotatable bonds is 5. The Hall–Kier alpha value is -2.28. The fraction of sp³-hybridized carbons (Fsp3) is 0.556. The molecule has 138 valence electrons. The van der Waals surface area contributed by atoms with Crippen LogP contribution in [0, 0.1) is 0 Å². The average Bonchev–Trinajstić information content (AvgIpc) is 2.80. The van der Waals surface area contributed by atoms with Crippen molar-refractivity contribution in [2.24, 2.45) is 0 Å². The molecule has 7 heteroatoms. The lowest BCUT2D eigenvalue weighted by molar-refractivity contribution is -0.187. The van der Waals surface area contributed by atoms with E-state index in [-0.39, 0.29) is 19.0 Å². The van der Waals surface area contributed by atoms with Crippen LogP contribution >= 0.6 is 0 Å². The molecule has 7 nitrogen and oxygen atoms in total. The van der Waals surface area contributed by atoms with Gasteiger partial charge in [-0.15, -0.1) is 0 Å². The molecule has 2 rings (SSSR count). The first-order valence-corrected chi connectivity index (χ1v) is 8.20. The predicted molar refractivity (Wildman–Crippen MR) is 88.4 cm³/mol. The van der Waals surface area contributed by atoms with Gasteiger partial charge < -0.3 is 24.1 Å². The van der Waals surface area contributed by atoms with Crippen LogP contribution in [0.1, 0.15) is 46.3 Å². The molecule has 0 radical (unpaired) electrons. The molecule has 0 spiro atoms. The molecule has 0 amide bonds. The molecule has 0 bridgehead atoms. The first kappa shape index (κ1) is 19.1. The fourth-order valence-corrected chi connectivity index (χ4v) is 2.56. The van der Waals surface area contributed by atoms with Crippen LogP contribution in [0.15, 0.2) is 18.2 Å². The molecular weight excluding hydrogens is 328 g/mol. The minimum atomic E-state index is -2.27. The maximum absolute atomic E-state index is 12.4. The molecule has 0 saturated heterocycles. The molecule has 1 aliphatic rings. The summed E-state index contributed by atoms with van der Waals surface area (Å²) in [5.41, 5.74) is -2.41. The molecule has 0 fully saturated rings. The molecule has 0 aromatic heterocycles. The molecule has 1 aromatic carbocycles. The van der Waals surface area contributed by atoms with Crippen molar-refractivity contribution in [3.8, 4) is 11.5 Å². The number of fused-ring (bicyclic) bond motifs is 1. The first-order chi connectivity index (χ1) is 11.7. The summed E-state index contributed by atoms with van der Waals surface area (Å²) >= 11 is 0. The third-order valence-corrected chi connectivity index (χ3v) is 3.52. The molecule has 1 heterocycles. The highest BCUT2D eigenvalue weighted by Gasteiger charge is 2.62. The van der Waals surface area contributed by atoms with Gasteiger partial charge in [-0.3, -0.25) is 0 Å². The second kappa shape index (κ2) is 6.92. The highest BCUT2D eigenvalue weighted by molar-refractivity contribution is 6.06. The van der Waals surface area contributed by atoms with Crippen LogP contribution in [-0.4, -0.2) is 41.5 Å². The van der Waals surface area contributed by atoms with Gasteiger partial charge in [-0.1, -0.05) is 0 Å². The van der Waals surface area contributed by atoms with Crippen LogP contribution in [-0.2, 0) is 19.1 Å². The van der Waals surface area contributed by atoms with E-state index in [1.54, 1.807) is 26.0 Å². The summed E-state index contributed by atoms with van der Waals surface area (Å²) in [5, 5.41) is 10.6. The predicted octanol–water partition coefficient (Wildman–Crippen LogP) is 2.15. The Kier molecular flexibility index (Phi) is 5.27. The first-order valence-electron chi connectivity index (χ1n) is 8.20. The number of benzene rings is 1. The number of hydrogen-bond donors (Lipinski definition) is 1. The third-order valence-electron chi connectivity index (χ3n) is 3.52. The van der Waals surface area contributed by atoms with E-state index in [1.165, 1.54) is 6.07 Å². The van der Waals surface area contributed by atoms with E-state index in [1.807, 2.05) is 20.8 Å². The number of ether oxygens (including phenoxy) is 4. The Morgan fingerprint density at radius 1 is 1.16 bits per heavy atom. The zero-order chi connectivity index (χ0) is 18.8. The van der Waals surface area contributed by atoms with Crippen molar-refractivity contribution >= 4 is 11.9 Å². The molecule has 25 heavy (non-hydrogen) atoms. The van der Waals surface area contributed by atoms with Crippen LogP contribution in [0.5, 0.6) is 11.5 Å². The molecule has 1 unspecified atom stereocenters. The van der Waals surface area contributed by atoms with Crippen LogP contribution < -0.4 is 9.47 Å². The summed E-state index contributed by atoms with van der Waals surface area (Å²) in [4.78, 5) is 24.9. The van der Waals surface area contributed by atoms with Gasteiger partial charge in [0.05, 0.1) is 13.2 Å². The van der Waals surface area contributed by atoms with E-state index < -0.39 is 29.2 Å². The Bertz CT molecular complexity index is 642. The van der Waals surface area contributed by atoms with Gasteiger partial charge in [0.15, 0.2) is 0 Å². The van der Waals surface area contributed by atoms with Gasteiger partial charge in [0.1, 0.15) is 23.2 Å². The van der Waals surface area contributed by atoms with E-state index >= 15 is 0 Å². The fourth-order valence-electron chi connectivity index (χ4n) is 2.56. The summed E-state index contributed by atoms with van der Waals surface area (Å²) in [7, 11) is 0. The summed E-state index contributed by atoms with van der Waals surface area (Å²) < 4.78 is 21.3. The van der Waals surface area contributed by atoms with Crippen LogP contribution in [0.3, 0.4) is 0 Å². The Balaban J connectivity index is 2.43. The lowest BCUT2D eigenvalue weighted by Gasteiger charge is -2.26. The van der Waals surface area contributed by atoms with Crippen molar-refractivity contribution in [3.05, 3.63) is 23.8 Å². The van der Waals surface area contributed by atoms with Gasteiger partial charge in [-0.2, -0.15) is 0 Å². The Morgan fingerprint density at radius 2 is 1.72 bits per heavy atom. The van der Waals surface area contributed by atoms with E-state index in [4.69, 9.17) is 18.9 Å². The molecule has 1 atom stereocenters. The molecule has 0 aliphatic carbocycles. The van der Waals surface area contributed by atoms with Gasteiger partial charge in [0.2, 0.25) is 0 Å². The van der Waals surface area contributed by atoms with Gasteiger partial charge in [0.25, 0.3) is 0 Å². The van der Waals surface area contributed by atoms with Crippen LogP contribution in [0.2, 0.25) is 0 Å². The summed E-state index contributed by atoms with van der Waals surface area (Å²) in [6, 6.07) is 4.73. The van der Waals surface area contributed by atoms with Crippen LogP contribution in [0.25, 0.3) is 0 Å². The quantitative estimate of drug-likeness (QED) is 0.641. The number of aliphatic hydroxyl groups excluding tert-OH is 1. The van der Waals surface area contributed by atoms with Crippen LogP contribution in [0.4, 0.5) is 0 Å².